The maximum atomic E-state index is 13.1. The van der Waals surface area contributed by atoms with Crippen molar-refractivity contribution in [2.24, 2.45) is 0 Å². The predicted molar refractivity (Wildman–Crippen MR) is 144 cm³/mol. The van der Waals surface area contributed by atoms with E-state index in [2.05, 4.69) is 22.9 Å². The van der Waals surface area contributed by atoms with Gasteiger partial charge in [-0.15, -0.1) is 0 Å². The Morgan fingerprint density at radius 1 is 1.17 bits per heavy atom. The summed E-state index contributed by atoms with van der Waals surface area (Å²) in [5.74, 6) is 1.45. The highest BCUT2D eigenvalue weighted by molar-refractivity contribution is 8.26. The van der Waals surface area contributed by atoms with Crippen molar-refractivity contribution >= 4 is 51.2 Å². The number of carbonyl (C=O) groups is 1. The van der Waals surface area contributed by atoms with Crippen LogP contribution in [0.1, 0.15) is 24.8 Å². The zero-order chi connectivity index (χ0) is 24.2. The molecule has 0 N–H and O–H groups in total. The molecule has 0 spiro atoms. The Balaban J connectivity index is 1.29. The second-order valence-electron chi connectivity index (χ2n) is 8.58. The van der Waals surface area contributed by atoms with E-state index in [9.17, 15) is 4.79 Å². The van der Waals surface area contributed by atoms with Crippen LogP contribution in [0.5, 0.6) is 11.5 Å². The third-order valence-electron chi connectivity index (χ3n) is 6.26. The van der Waals surface area contributed by atoms with Crippen molar-refractivity contribution in [2.45, 2.75) is 31.9 Å². The summed E-state index contributed by atoms with van der Waals surface area (Å²) in [5.41, 5.74) is 2.15. The number of ether oxygens (including phenoxy) is 3. The summed E-state index contributed by atoms with van der Waals surface area (Å²) in [6.45, 7) is 2.67. The molecule has 3 aromatic rings. The number of aromatic nitrogens is 1. The first-order valence-corrected chi connectivity index (χ1v) is 13.1. The Bertz CT molecular complexity index is 1260. The number of benzene rings is 2. The minimum absolute atomic E-state index is 0.0301. The Hall–Kier alpha value is -2.81. The molecule has 35 heavy (non-hydrogen) atoms. The van der Waals surface area contributed by atoms with E-state index in [4.69, 9.17) is 26.4 Å². The molecule has 2 fully saturated rings. The lowest BCUT2D eigenvalue weighted by atomic mass is 10.1. The average Bonchev–Trinajstić information content (AvgIpc) is 3.58. The number of thiocarbonyl (C=S) groups is 1. The zero-order valence-electron chi connectivity index (χ0n) is 19.6. The Morgan fingerprint density at radius 2 is 1.97 bits per heavy atom. The van der Waals surface area contributed by atoms with Crippen molar-refractivity contribution in [3.8, 4) is 11.5 Å². The molecule has 1 atom stereocenters. The third kappa shape index (κ3) is 5.24. The van der Waals surface area contributed by atoms with Crippen molar-refractivity contribution in [3.63, 3.8) is 0 Å². The van der Waals surface area contributed by atoms with Gasteiger partial charge in [-0.25, -0.2) is 0 Å². The van der Waals surface area contributed by atoms with Crippen LogP contribution in [0.25, 0.3) is 17.0 Å². The predicted octanol–water partition coefficient (Wildman–Crippen LogP) is 5.50. The van der Waals surface area contributed by atoms with Crippen molar-refractivity contribution in [3.05, 3.63) is 65.2 Å². The highest BCUT2D eigenvalue weighted by atomic mass is 32.2. The van der Waals surface area contributed by atoms with Gasteiger partial charge in [0.25, 0.3) is 5.91 Å². The minimum Gasteiger partial charge on any atom is -0.493 e. The molecule has 6 nitrogen and oxygen atoms in total. The molecule has 1 amide bonds. The zero-order valence-corrected chi connectivity index (χ0v) is 21.3. The van der Waals surface area contributed by atoms with Gasteiger partial charge in [-0.2, -0.15) is 0 Å². The monoisotopic (exact) mass is 508 g/mol. The van der Waals surface area contributed by atoms with Crippen LogP contribution >= 0.6 is 24.0 Å². The maximum Gasteiger partial charge on any atom is 0.266 e. The van der Waals surface area contributed by atoms with Crippen LogP contribution < -0.4 is 9.47 Å². The molecule has 1 aromatic heterocycles. The van der Waals surface area contributed by atoms with Gasteiger partial charge in [-0.05, 0) is 43.5 Å². The molecule has 3 heterocycles. The first-order valence-electron chi connectivity index (χ1n) is 11.8. The molecule has 5 rings (SSSR count). The van der Waals surface area contributed by atoms with Gasteiger partial charge in [0, 0.05) is 35.8 Å². The van der Waals surface area contributed by atoms with Crippen molar-refractivity contribution in [1.29, 1.82) is 0 Å². The van der Waals surface area contributed by atoms with E-state index in [0.717, 1.165) is 60.4 Å². The van der Waals surface area contributed by atoms with E-state index < -0.39 is 0 Å². The van der Waals surface area contributed by atoms with Crippen LogP contribution in [0, 0.1) is 0 Å². The molecule has 0 saturated carbocycles. The van der Waals surface area contributed by atoms with E-state index in [1.807, 2.05) is 42.5 Å². The summed E-state index contributed by atoms with van der Waals surface area (Å²) in [7, 11) is 1.64. The van der Waals surface area contributed by atoms with Gasteiger partial charge in [0.05, 0.1) is 31.3 Å². The number of nitrogens with zero attached hydrogens (tertiary/aromatic N) is 2. The minimum atomic E-state index is -0.0301. The smallest absolute Gasteiger partial charge is 0.266 e. The van der Waals surface area contributed by atoms with E-state index in [1.165, 1.54) is 11.8 Å². The normalized spacial score (nSPS) is 19.3. The fourth-order valence-corrected chi connectivity index (χ4v) is 5.79. The molecular weight excluding hydrogens is 480 g/mol. The number of fused-ring (bicyclic) bond motifs is 1. The molecule has 0 unspecified atom stereocenters. The molecule has 182 valence electrons. The van der Waals surface area contributed by atoms with Crippen LogP contribution in [0.3, 0.4) is 0 Å². The van der Waals surface area contributed by atoms with Gasteiger partial charge >= 0.3 is 0 Å². The molecular formula is C27H28N2O4S2. The quantitative estimate of drug-likeness (QED) is 0.216. The van der Waals surface area contributed by atoms with E-state index in [-0.39, 0.29) is 12.0 Å². The fourth-order valence-electron chi connectivity index (χ4n) is 4.52. The lowest BCUT2D eigenvalue weighted by Gasteiger charge is -2.18. The lowest BCUT2D eigenvalue weighted by molar-refractivity contribution is -0.123. The standard InChI is InChI=1S/C27H28N2O4S2/c1-31-23-11-4-5-12-24(23)33-15-7-13-28-17-19(21-9-2-3-10-22(21)28)16-25-26(30)29(27(34)35-25)18-20-8-6-14-32-20/h2-5,9-12,16-17,20H,6-8,13-15,18H2,1H3/b25-16-/t20-/m0/s1. The summed E-state index contributed by atoms with van der Waals surface area (Å²) in [6.07, 6.45) is 7.01. The summed E-state index contributed by atoms with van der Waals surface area (Å²) in [5, 5.41) is 1.11. The second-order valence-corrected chi connectivity index (χ2v) is 10.3. The second kappa shape index (κ2) is 10.8. The summed E-state index contributed by atoms with van der Waals surface area (Å²) in [6, 6.07) is 15.9. The Morgan fingerprint density at radius 3 is 2.77 bits per heavy atom. The molecule has 2 aliphatic rings. The number of hydrogen-bond donors (Lipinski definition) is 0. The first kappa shape index (κ1) is 23.9. The molecule has 2 aromatic carbocycles. The number of para-hydroxylation sites is 3. The number of hydrogen-bond acceptors (Lipinski definition) is 6. The van der Waals surface area contributed by atoms with E-state index >= 15 is 0 Å². The van der Waals surface area contributed by atoms with Crippen LogP contribution in [0.15, 0.2) is 59.6 Å². The molecule has 0 aliphatic carbocycles. The highest BCUT2D eigenvalue weighted by Crippen LogP contribution is 2.35. The number of rotatable bonds is 9. The number of carbonyl (C=O) groups excluding carboxylic acids is 1. The van der Waals surface area contributed by atoms with Gasteiger partial charge in [-0.1, -0.05) is 54.3 Å². The van der Waals surface area contributed by atoms with E-state index in [0.29, 0.717) is 22.4 Å². The Kier molecular flexibility index (Phi) is 7.41. The van der Waals surface area contributed by atoms with Crippen LogP contribution in [-0.2, 0) is 16.1 Å². The van der Waals surface area contributed by atoms with Gasteiger partial charge < -0.3 is 18.8 Å². The number of aryl methyl sites for hydroxylation is 1. The average molecular weight is 509 g/mol. The third-order valence-corrected chi connectivity index (χ3v) is 7.64. The topological polar surface area (TPSA) is 52.9 Å². The highest BCUT2D eigenvalue weighted by Gasteiger charge is 2.34. The van der Waals surface area contributed by atoms with Gasteiger partial charge in [-0.3, -0.25) is 9.69 Å². The number of amides is 1. The largest absolute Gasteiger partial charge is 0.493 e. The molecule has 2 aliphatic heterocycles. The summed E-state index contributed by atoms with van der Waals surface area (Å²) in [4.78, 5) is 15.5. The number of thioether (sulfide) groups is 1. The van der Waals surface area contributed by atoms with Crippen molar-refractivity contribution in [1.82, 2.24) is 9.47 Å². The van der Waals surface area contributed by atoms with Crippen LogP contribution in [0.2, 0.25) is 0 Å². The van der Waals surface area contributed by atoms with Crippen molar-refractivity contribution < 1.29 is 19.0 Å². The lowest BCUT2D eigenvalue weighted by Crippen LogP contribution is -2.35. The molecule has 2 saturated heterocycles. The number of methoxy groups -OCH3 is 1. The Labute approximate surface area is 214 Å². The molecule has 8 heteroatoms. The maximum absolute atomic E-state index is 13.1. The van der Waals surface area contributed by atoms with E-state index in [1.54, 1.807) is 12.0 Å². The summed E-state index contributed by atoms with van der Waals surface area (Å²) < 4.78 is 19.8. The van der Waals surface area contributed by atoms with Gasteiger partial charge in [0.1, 0.15) is 4.32 Å². The fraction of sp³-hybridized carbons (Fsp3) is 0.333. The van der Waals surface area contributed by atoms with Crippen LogP contribution in [-0.4, -0.2) is 52.7 Å². The summed E-state index contributed by atoms with van der Waals surface area (Å²) >= 11 is 6.89. The molecule has 0 bridgehead atoms. The first-order chi connectivity index (χ1) is 17.1. The van der Waals surface area contributed by atoms with Gasteiger partial charge in [0.15, 0.2) is 11.5 Å². The van der Waals surface area contributed by atoms with Crippen LogP contribution in [0.4, 0.5) is 0 Å². The van der Waals surface area contributed by atoms with Crippen molar-refractivity contribution in [2.75, 3.05) is 26.9 Å². The van der Waals surface area contributed by atoms with Gasteiger partial charge in [0.2, 0.25) is 0 Å². The molecule has 0 radical (unpaired) electrons. The SMILES string of the molecule is COc1ccccc1OCCCn1cc(/C=C2\SC(=S)N(C[C@@H]3CCCO3)C2=O)c2ccccc21.